The highest BCUT2D eigenvalue weighted by Crippen LogP contribution is 2.27. The van der Waals surface area contributed by atoms with Crippen LogP contribution >= 0.6 is 11.8 Å². The lowest BCUT2D eigenvalue weighted by molar-refractivity contribution is -0.384. The van der Waals surface area contributed by atoms with Gasteiger partial charge in [0.2, 0.25) is 0 Å². The Hall–Kier alpha value is -2.39. The van der Waals surface area contributed by atoms with E-state index in [1.165, 1.54) is 17.8 Å². The van der Waals surface area contributed by atoms with Gasteiger partial charge in [-0.05, 0) is 31.0 Å². The van der Waals surface area contributed by atoms with Crippen LogP contribution < -0.4 is 0 Å². The van der Waals surface area contributed by atoms with Gasteiger partial charge in [0.25, 0.3) is 5.69 Å². The number of nitro benzene ring substituents is 1. The van der Waals surface area contributed by atoms with Gasteiger partial charge in [0.15, 0.2) is 0 Å². The van der Waals surface area contributed by atoms with E-state index >= 15 is 0 Å². The molecule has 0 aliphatic rings. The third-order valence-corrected chi connectivity index (χ3v) is 3.97. The Morgan fingerprint density at radius 1 is 1.38 bits per heavy atom. The molecule has 2 rings (SSSR count). The van der Waals surface area contributed by atoms with Crippen LogP contribution in [0.3, 0.4) is 0 Å². The van der Waals surface area contributed by atoms with E-state index in [1.807, 2.05) is 26.0 Å². The number of nitro groups is 1. The molecule has 0 aliphatic heterocycles. The molecule has 6 heteroatoms. The van der Waals surface area contributed by atoms with Crippen molar-refractivity contribution in [3.8, 4) is 6.07 Å². The van der Waals surface area contributed by atoms with Crippen molar-refractivity contribution in [3.05, 3.63) is 62.8 Å². The highest BCUT2D eigenvalue weighted by molar-refractivity contribution is 7.98. The van der Waals surface area contributed by atoms with E-state index in [4.69, 9.17) is 0 Å². The van der Waals surface area contributed by atoms with Gasteiger partial charge in [0, 0.05) is 23.6 Å². The molecule has 0 amide bonds. The van der Waals surface area contributed by atoms with E-state index in [0.717, 1.165) is 16.8 Å². The normalized spacial score (nSPS) is 10.1. The van der Waals surface area contributed by atoms with Crippen molar-refractivity contribution >= 4 is 17.4 Å². The molecule has 0 N–H and O–H groups in total. The fraction of sp³-hybridized carbons (Fsp3) is 0.200. The van der Waals surface area contributed by atoms with E-state index in [2.05, 4.69) is 11.1 Å². The number of nitriles is 1. The Bertz CT molecular complexity index is 738. The lowest BCUT2D eigenvalue weighted by Crippen LogP contribution is -1.95. The fourth-order valence-corrected chi connectivity index (χ4v) is 3.00. The van der Waals surface area contributed by atoms with Crippen LogP contribution in [0.4, 0.5) is 5.69 Å². The zero-order chi connectivity index (χ0) is 15.4. The molecule has 1 aromatic carbocycles. The molecule has 2 aromatic rings. The number of aryl methyl sites for hydroxylation is 2. The first-order valence-electron chi connectivity index (χ1n) is 6.25. The molecule has 0 saturated heterocycles. The summed E-state index contributed by atoms with van der Waals surface area (Å²) in [7, 11) is 0. The lowest BCUT2D eigenvalue weighted by Gasteiger charge is -2.07. The van der Waals surface area contributed by atoms with Crippen molar-refractivity contribution in [3.63, 3.8) is 0 Å². The van der Waals surface area contributed by atoms with Crippen LogP contribution in [0.2, 0.25) is 0 Å². The zero-order valence-corrected chi connectivity index (χ0v) is 12.5. The summed E-state index contributed by atoms with van der Waals surface area (Å²) < 4.78 is 0. The first-order valence-corrected chi connectivity index (χ1v) is 7.24. The molecule has 0 bridgehead atoms. The maximum Gasteiger partial charge on any atom is 0.269 e. The molecule has 0 spiro atoms. The average molecular weight is 299 g/mol. The largest absolute Gasteiger partial charge is 0.269 e. The van der Waals surface area contributed by atoms with Crippen LogP contribution in [0.5, 0.6) is 0 Å². The summed E-state index contributed by atoms with van der Waals surface area (Å²) in [6.07, 6.45) is 0. The summed E-state index contributed by atoms with van der Waals surface area (Å²) >= 11 is 1.42. The van der Waals surface area contributed by atoms with Gasteiger partial charge < -0.3 is 0 Å². The number of nitrogens with zero attached hydrogens (tertiary/aromatic N) is 3. The van der Waals surface area contributed by atoms with Crippen LogP contribution in [0.25, 0.3) is 0 Å². The second-order valence-corrected chi connectivity index (χ2v) is 5.55. The van der Waals surface area contributed by atoms with Gasteiger partial charge in [-0.15, -0.1) is 11.8 Å². The molecule has 0 aliphatic carbocycles. The van der Waals surface area contributed by atoms with Crippen LogP contribution in [-0.4, -0.2) is 9.91 Å². The summed E-state index contributed by atoms with van der Waals surface area (Å²) in [5.74, 6) is 0.534. The maximum absolute atomic E-state index is 10.8. The minimum absolute atomic E-state index is 0.0713. The van der Waals surface area contributed by atoms with Crippen LogP contribution in [-0.2, 0) is 5.75 Å². The summed E-state index contributed by atoms with van der Waals surface area (Å²) in [6, 6.07) is 10.5. The number of hydrogen-bond acceptors (Lipinski definition) is 5. The smallest absolute Gasteiger partial charge is 0.258 e. The fourth-order valence-electron chi connectivity index (χ4n) is 1.95. The quantitative estimate of drug-likeness (QED) is 0.487. The van der Waals surface area contributed by atoms with E-state index in [9.17, 15) is 15.4 Å². The van der Waals surface area contributed by atoms with Crippen molar-refractivity contribution in [1.82, 2.24) is 4.98 Å². The number of thioether (sulfide) groups is 1. The predicted octanol–water partition coefficient (Wildman–Crippen LogP) is 3.77. The highest BCUT2D eigenvalue weighted by atomic mass is 32.2. The number of benzene rings is 1. The first kappa shape index (κ1) is 15.0. The lowest BCUT2D eigenvalue weighted by atomic mass is 10.1. The molecule has 0 saturated carbocycles. The predicted molar refractivity (Wildman–Crippen MR) is 81.1 cm³/mol. The van der Waals surface area contributed by atoms with Crippen LogP contribution in [0.1, 0.15) is 22.4 Å². The summed E-state index contributed by atoms with van der Waals surface area (Å²) in [6.45, 7) is 3.76. The number of aromatic nitrogens is 1. The van der Waals surface area contributed by atoms with Crippen molar-refractivity contribution in [2.45, 2.75) is 24.6 Å². The monoisotopic (exact) mass is 299 g/mol. The molecule has 1 aromatic heterocycles. The number of rotatable bonds is 4. The Labute approximate surface area is 126 Å². The van der Waals surface area contributed by atoms with Crippen molar-refractivity contribution in [2.75, 3.05) is 0 Å². The van der Waals surface area contributed by atoms with Gasteiger partial charge in [-0.3, -0.25) is 10.1 Å². The van der Waals surface area contributed by atoms with Crippen molar-refractivity contribution in [2.24, 2.45) is 0 Å². The summed E-state index contributed by atoms with van der Waals surface area (Å²) in [5.41, 5.74) is 3.22. The molecule has 1 heterocycles. The van der Waals surface area contributed by atoms with E-state index in [0.29, 0.717) is 16.3 Å². The molecule has 0 atom stereocenters. The van der Waals surface area contributed by atoms with Crippen molar-refractivity contribution in [1.29, 1.82) is 5.26 Å². The Balaban J connectivity index is 2.23. The Morgan fingerprint density at radius 3 is 2.81 bits per heavy atom. The molecule has 0 fully saturated rings. The third kappa shape index (κ3) is 3.58. The molecule has 5 nitrogen and oxygen atoms in total. The van der Waals surface area contributed by atoms with Crippen LogP contribution in [0.15, 0.2) is 35.4 Å². The topological polar surface area (TPSA) is 79.8 Å². The van der Waals surface area contributed by atoms with Crippen molar-refractivity contribution < 1.29 is 4.92 Å². The second kappa shape index (κ2) is 6.37. The molecular formula is C15H13N3O2S. The van der Waals surface area contributed by atoms with Gasteiger partial charge in [0.1, 0.15) is 11.1 Å². The van der Waals surface area contributed by atoms with Gasteiger partial charge in [-0.1, -0.05) is 12.1 Å². The SMILES string of the molecule is Cc1cc(C)c(C#N)c(SCc2cccc([N+](=O)[O-])c2)n1. The molecular weight excluding hydrogens is 286 g/mol. The maximum atomic E-state index is 10.8. The van der Waals surface area contributed by atoms with Gasteiger partial charge in [-0.2, -0.15) is 5.26 Å². The molecule has 0 unspecified atom stereocenters. The minimum Gasteiger partial charge on any atom is -0.258 e. The minimum atomic E-state index is -0.413. The Kier molecular flexibility index (Phi) is 4.55. The summed E-state index contributed by atoms with van der Waals surface area (Å²) in [4.78, 5) is 14.7. The first-order chi connectivity index (χ1) is 10.0. The van der Waals surface area contributed by atoms with E-state index < -0.39 is 4.92 Å². The second-order valence-electron chi connectivity index (χ2n) is 4.59. The van der Waals surface area contributed by atoms with E-state index in [-0.39, 0.29) is 5.69 Å². The number of hydrogen-bond donors (Lipinski definition) is 0. The van der Waals surface area contributed by atoms with Crippen LogP contribution in [0, 0.1) is 35.3 Å². The number of non-ortho nitro benzene ring substituents is 1. The van der Waals surface area contributed by atoms with Gasteiger partial charge in [0.05, 0.1) is 10.5 Å². The van der Waals surface area contributed by atoms with Gasteiger partial charge in [-0.25, -0.2) is 4.98 Å². The molecule has 0 radical (unpaired) electrons. The standard InChI is InChI=1S/C15H13N3O2S/c1-10-6-11(2)17-15(14(10)8-16)21-9-12-4-3-5-13(7-12)18(19)20/h3-7H,9H2,1-2H3. The van der Waals surface area contributed by atoms with E-state index in [1.54, 1.807) is 12.1 Å². The summed E-state index contributed by atoms with van der Waals surface area (Å²) in [5, 5.41) is 20.6. The molecule has 106 valence electrons. The zero-order valence-electron chi connectivity index (χ0n) is 11.7. The third-order valence-electron chi connectivity index (χ3n) is 2.92. The average Bonchev–Trinajstić information content (AvgIpc) is 2.45. The number of pyridine rings is 1. The Morgan fingerprint density at radius 2 is 2.14 bits per heavy atom. The molecule has 21 heavy (non-hydrogen) atoms. The highest BCUT2D eigenvalue weighted by Gasteiger charge is 2.11. The van der Waals surface area contributed by atoms with Gasteiger partial charge >= 0.3 is 0 Å².